The Morgan fingerprint density at radius 3 is 2.61 bits per heavy atom. The maximum absolute atomic E-state index is 12.4. The highest BCUT2D eigenvalue weighted by Crippen LogP contribution is 2.36. The Labute approximate surface area is 105 Å². The van der Waals surface area contributed by atoms with Gasteiger partial charge in [0.25, 0.3) is 5.91 Å². The van der Waals surface area contributed by atoms with Gasteiger partial charge >= 0.3 is 0 Å². The lowest BCUT2D eigenvalue weighted by Gasteiger charge is -2.18. The largest absolute Gasteiger partial charge is 0.506 e. The second-order valence-electron chi connectivity index (χ2n) is 4.36. The van der Waals surface area contributed by atoms with Gasteiger partial charge in [0.15, 0.2) is 0 Å². The zero-order valence-electron chi connectivity index (χ0n) is 9.84. The average molecular weight is 239 g/mol. The lowest BCUT2D eigenvalue weighted by atomic mass is 10.1. The number of anilines is 1. The van der Waals surface area contributed by atoms with Crippen molar-refractivity contribution in [2.45, 2.75) is 6.42 Å². The van der Waals surface area contributed by atoms with E-state index in [0.717, 1.165) is 12.0 Å². The summed E-state index contributed by atoms with van der Waals surface area (Å²) in [6.45, 7) is 0.626. The van der Waals surface area contributed by atoms with Gasteiger partial charge in [0, 0.05) is 12.1 Å². The van der Waals surface area contributed by atoms with Crippen LogP contribution in [0.1, 0.15) is 15.9 Å². The molecule has 0 spiro atoms. The van der Waals surface area contributed by atoms with Crippen molar-refractivity contribution >= 4 is 11.6 Å². The van der Waals surface area contributed by atoms with Crippen molar-refractivity contribution in [3.05, 3.63) is 59.7 Å². The first-order chi connectivity index (χ1) is 8.77. The molecule has 3 nitrogen and oxygen atoms in total. The average Bonchev–Trinajstić information content (AvgIpc) is 2.84. The summed E-state index contributed by atoms with van der Waals surface area (Å²) in [7, 11) is 0. The van der Waals surface area contributed by atoms with Crippen LogP contribution in [0, 0.1) is 0 Å². The molecule has 0 unspecified atom stereocenters. The van der Waals surface area contributed by atoms with Crippen LogP contribution in [0.25, 0.3) is 0 Å². The monoisotopic (exact) mass is 239 g/mol. The predicted molar refractivity (Wildman–Crippen MR) is 69.9 cm³/mol. The van der Waals surface area contributed by atoms with E-state index in [1.165, 1.54) is 0 Å². The first kappa shape index (κ1) is 10.8. The number of carbonyl (C=O) groups excluding carboxylic acids is 1. The molecule has 3 rings (SSSR count). The predicted octanol–water partition coefficient (Wildman–Crippen LogP) is 2.60. The minimum Gasteiger partial charge on any atom is -0.506 e. The molecule has 0 aromatic heterocycles. The van der Waals surface area contributed by atoms with Crippen molar-refractivity contribution in [1.29, 1.82) is 0 Å². The van der Waals surface area contributed by atoms with Crippen LogP contribution in [0.2, 0.25) is 0 Å². The fraction of sp³-hybridized carbons (Fsp3) is 0.133. The Balaban J connectivity index is 2.00. The standard InChI is InChI=1S/C15H13NO2/c17-13-8-4-7-11-9-10-16(14(11)13)15(18)12-5-2-1-3-6-12/h1-8,17H,9-10H2. The van der Waals surface area contributed by atoms with Crippen LogP contribution < -0.4 is 4.90 Å². The van der Waals surface area contributed by atoms with Gasteiger partial charge in [0.1, 0.15) is 5.75 Å². The topological polar surface area (TPSA) is 40.5 Å². The Bertz CT molecular complexity index is 593. The Morgan fingerprint density at radius 2 is 1.83 bits per heavy atom. The van der Waals surface area contributed by atoms with Gasteiger partial charge in [-0.15, -0.1) is 0 Å². The summed E-state index contributed by atoms with van der Waals surface area (Å²) in [5.74, 6) is 0.116. The summed E-state index contributed by atoms with van der Waals surface area (Å²) < 4.78 is 0. The van der Waals surface area contributed by atoms with Crippen LogP contribution in [-0.4, -0.2) is 17.6 Å². The van der Waals surface area contributed by atoms with Crippen LogP contribution in [0.15, 0.2) is 48.5 Å². The molecule has 0 saturated carbocycles. The Kier molecular flexibility index (Phi) is 2.52. The number of rotatable bonds is 1. The SMILES string of the molecule is O=C(c1ccccc1)N1CCc2cccc(O)c21. The number of nitrogens with zero attached hydrogens (tertiary/aromatic N) is 1. The molecule has 1 aliphatic heterocycles. The third-order valence-corrected chi connectivity index (χ3v) is 3.24. The van der Waals surface area contributed by atoms with Crippen LogP contribution >= 0.6 is 0 Å². The van der Waals surface area contributed by atoms with Crippen LogP contribution in [0.3, 0.4) is 0 Å². The number of benzene rings is 2. The van der Waals surface area contributed by atoms with Crippen LogP contribution in [0.4, 0.5) is 5.69 Å². The zero-order chi connectivity index (χ0) is 12.5. The molecule has 0 fully saturated rings. The van der Waals surface area contributed by atoms with Gasteiger partial charge in [0.2, 0.25) is 0 Å². The fourth-order valence-electron chi connectivity index (χ4n) is 2.37. The van der Waals surface area contributed by atoms with Crippen molar-refractivity contribution < 1.29 is 9.90 Å². The third kappa shape index (κ3) is 1.64. The van der Waals surface area contributed by atoms with Gasteiger partial charge in [-0.3, -0.25) is 4.79 Å². The number of hydrogen-bond donors (Lipinski definition) is 1. The minimum absolute atomic E-state index is 0.0594. The first-order valence-corrected chi connectivity index (χ1v) is 5.95. The molecule has 3 heteroatoms. The molecule has 1 amide bonds. The number of para-hydroxylation sites is 1. The molecule has 2 aromatic carbocycles. The lowest BCUT2D eigenvalue weighted by molar-refractivity contribution is 0.0988. The molecule has 0 radical (unpaired) electrons. The van der Waals surface area contributed by atoms with Crippen molar-refractivity contribution in [3.63, 3.8) is 0 Å². The van der Waals surface area contributed by atoms with E-state index in [2.05, 4.69) is 0 Å². The number of phenols is 1. The molecular formula is C15H13NO2. The Hall–Kier alpha value is -2.29. The number of fused-ring (bicyclic) bond motifs is 1. The lowest BCUT2D eigenvalue weighted by Crippen LogP contribution is -2.28. The molecule has 0 aliphatic carbocycles. The van der Waals surface area contributed by atoms with Crippen LogP contribution in [0.5, 0.6) is 5.75 Å². The van der Waals surface area contributed by atoms with E-state index in [1.54, 1.807) is 23.1 Å². The number of phenolic OH excluding ortho intramolecular Hbond substituents is 1. The molecule has 0 atom stereocenters. The second-order valence-corrected chi connectivity index (χ2v) is 4.36. The third-order valence-electron chi connectivity index (χ3n) is 3.24. The normalized spacial score (nSPS) is 13.4. The van der Waals surface area contributed by atoms with Crippen molar-refractivity contribution in [3.8, 4) is 5.75 Å². The maximum Gasteiger partial charge on any atom is 0.258 e. The van der Waals surface area contributed by atoms with Gasteiger partial charge in [0.05, 0.1) is 5.69 Å². The van der Waals surface area contributed by atoms with E-state index in [1.807, 2.05) is 30.3 Å². The second kappa shape index (κ2) is 4.18. The van der Waals surface area contributed by atoms with E-state index < -0.39 is 0 Å². The smallest absolute Gasteiger partial charge is 0.258 e. The highest BCUT2D eigenvalue weighted by molar-refractivity contribution is 6.08. The quantitative estimate of drug-likeness (QED) is 0.831. The maximum atomic E-state index is 12.4. The van der Waals surface area contributed by atoms with Crippen molar-refractivity contribution in [2.75, 3.05) is 11.4 Å². The summed E-state index contributed by atoms with van der Waals surface area (Å²) in [6.07, 6.45) is 0.794. The highest BCUT2D eigenvalue weighted by atomic mass is 16.3. The van der Waals surface area contributed by atoms with Gasteiger partial charge in [-0.2, -0.15) is 0 Å². The van der Waals surface area contributed by atoms with Crippen LogP contribution in [-0.2, 0) is 6.42 Å². The van der Waals surface area contributed by atoms with Gasteiger partial charge in [-0.1, -0.05) is 30.3 Å². The first-order valence-electron chi connectivity index (χ1n) is 5.95. The summed E-state index contributed by atoms with van der Waals surface area (Å²) in [6, 6.07) is 14.5. The van der Waals surface area contributed by atoms with E-state index in [9.17, 15) is 9.90 Å². The van der Waals surface area contributed by atoms with Gasteiger partial charge in [-0.05, 0) is 30.2 Å². The summed E-state index contributed by atoms with van der Waals surface area (Å²) >= 11 is 0. The molecule has 2 aromatic rings. The molecule has 90 valence electrons. The van der Waals surface area contributed by atoms with E-state index in [0.29, 0.717) is 17.8 Å². The Morgan fingerprint density at radius 1 is 1.06 bits per heavy atom. The number of hydrogen-bond acceptors (Lipinski definition) is 2. The van der Waals surface area contributed by atoms with E-state index in [4.69, 9.17) is 0 Å². The summed E-state index contributed by atoms with van der Waals surface area (Å²) in [4.78, 5) is 14.0. The summed E-state index contributed by atoms with van der Waals surface area (Å²) in [5, 5.41) is 9.90. The molecule has 1 aliphatic rings. The van der Waals surface area contributed by atoms with Crippen molar-refractivity contribution in [2.24, 2.45) is 0 Å². The molecule has 18 heavy (non-hydrogen) atoms. The van der Waals surface area contributed by atoms with Gasteiger partial charge in [-0.25, -0.2) is 0 Å². The van der Waals surface area contributed by atoms with Crippen molar-refractivity contribution in [1.82, 2.24) is 0 Å². The molecule has 0 saturated heterocycles. The molecule has 1 heterocycles. The number of amides is 1. The molecule has 0 bridgehead atoms. The number of carbonyl (C=O) groups is 1. The molecular weight excluding hydrogens is 226 g/mol. The summed E-state index contributed by atoms with van der Waals surface area (Å²) in [5.41, 5.74) is 2.33. The minimum atomic E-state index is -0.0594. The highest BCUT2D eigenvalue weighted by Gasteiger charge is 2.27. The number of aromatic hydroxyl groups is 1. The van der Waals surface area contributed by atoms with Gasteiger partial charge < -0.3 is 10.0 Å². The van der Waals surface area contributed by atoms with E-state index in [-0.39, 0.29) is 11.7 Å². The van der Waals surface area contributed by atoms with E-state index >= 15 is 0 Å². The fourth-order valence-corrected chi connectivity index (χ4v) is 2.37. The molecule has 1 N–H and O–H groups in total. The zero-order valence-corrected chi connectivity index (χ0v) is 9.84.